The fraction of sp³-hybridized carbons (Fsp3) is 0.894. The number of esters is 3. The summed E-state index contributed by atoms with van der Waals surface area (Å²) in [6, 6.07) is 0. The van der Waals surface area contributed by atoms with Gasteiger partial charge in [0, 0.05) is 19.3 Å². The van der Waals surface area contributed by atoms with Crippen LogP contribution in [0.2, 0.25) is 0 Å². The molecule has 0 N–H and O–H groups in total. The molecule has 0 fully saturated rings. The molecule has 0 amide bonds. The molecule has 6 heteroatoms. The largest absolute Gasteiger partial charge is 0.462 e. The minimum atomic E-state index is -0.765. The van der Waals surface area contributed by atoms with E-state index in [1.807, 2.05) is 0 Å². The number of carbonyl (C=O) groups excluding carboxylic acids is 3. The molecule has 0 aromatic heterocycles. The van der Waals surface area contributed by atoms with E-state index in [-0.39, 0.29) is 31.1 Å². The molecule has 0 radical (unpaired) electrons. The summed E-state index contributed by atoms with van der Waals surface area (Å²) in [7, 11) is 0. The van der Waals surface area contributed by atoms with Crippen LogP contribution in [0, 0.1) is 0 Å². The highest BCUT2D eigenvalue weighted by atomic mass is 16.6. The first kappa shape index (κ1) is 51.1. The molecule has 312 valence electrons. The lowest BCUT2D eigenvalue weighted by Crippen LogP contribution is -2.30. The molecule has 0 aromatic rings. The summed E-state index contributed by atoms with van der Waals surface area (Å²) in [5, 5.41) is 0. The summed E-state index contributed by atoms with van der Waals surface area (Å²) < 4.78 is 16.7. The van der Waals surface area contributed by atoms with Crippen molar-refractivity contribution in [2.75, 3.05) is 13.2 Å². The second kappa shape index (κ2) is 42.9. The van der Waals surface area contributed by atoms with Crippen LogP contribution in [0.25, 0.3) is 0 Å². The predicted octanol–water partition coefficient (Wildman–Crippen LogP) is 14.6. The van der Waals surface area contributed by atoms with Crippen molar-refractivity contribution in [1.29, 1.82) is 0 Å². The van der Waals surface area contributed by atoms with Gasteiger partial charge in [-0.15, -0.1) is 0 Å². The Kier molecular flexibility index (Phi) is 41.4. The van der Waals surface area contributed by atoms with E-state index < -0.39 is 6.10 Å². The van der Waals surface area contributed by atoms with Gasteiger partial charge in [0.2, 0.25) is 0 Å². The first-order chi connectivity index (χ1) is 26.0. The molecule has 53 heavy (non-hydrogen) atoms. The third kappa shape index (κ3) is 41.2. The summed E-state index contributed by atoms with van der Waals surface area (Å²) in [6.45, 7) is 6.60. The van der Waals surface area contributed by atoms with Crippen molar-refractivity contribution >= 4 is 17.9 Å². The van der Waals surface area contributed by atoms with Crippen LogP contribution in [0.3, 0.4) is 0 Å². The Balaban J connectivity index is 4.34. The predicted molar refractivity (Wildman–Crippen MR) is 224 cm³/mol. The van der Waals surface area contributed by atoms with Crippen LogP contribution in [-0.4, -0.2) is 37.2 Å². The standard InChI is InChI=1S/C47H88O6/c1-4-7-10-13-16-19-22-24-26-28-31-34-37-40-46(49)52-43-44(42-51-45(48)39-36-33-30-27-21-18-15-12-9-6-3)53-47(50)41-38-35-32-29-25-23-20-17-14-11-8-5-2/h17,20,44H,4-16,18-19,21-43H2,1-3H3/b20-17-/t44-/m1/s1. The molecule has 0 unspecified atom stereocenters. The lowest BCUT2D eigenvalue weighted by Gasteiger charge is -2.18. The SMILES string of the molecule is CCCCC/C=C\CCCCCCCC(=O)O[C@H](COC(=O)CCCCCCCCCCCC)COC(=O)CCCCCCCCCCCCCCC. The van der Waals surface area contributed by atoms with E-state index in [1.165, 1.54) is 148 Å². The van der Waals surface area contributed by atoms with Gasteiger partial charge < -0.3 is 14.2 Å². The highest BCUT2D eigenvalue weighted by Gasteiger charge is 2.19. The van der Waals surface area contributed by atoms with E-state index >= 15 is 0 Å². The smallest absolute Gasteiger partial charge is 0.306 e. The van der Waals surface area contributed by atoms with E-state index in [0.717, 1.165) is 64.2 Å². The maximum absolute atomic E-state index is 12.7. The average molecular weight is 749 g/mol. The molecule has 0 spiro atoms. The number of carbonyl (C=O) groups is 3. The Labute approximate surface area is 329 Å². The summed E-state index contributed by atoms with van der Waals surface area (Å²) in [6.07, 6.45) is 44.7. The van der Waals surface area contributed by atoms with Crippen LogP contribution in [0.5, 0.6) is 0 Å². The minimum Gasteiger partial charge on any atom is -0.462 e. The summed E-state index contributed by atoms with van der Waals surface area (Å²) in [5.41, 5.74) is 0. The minimum absolute atomic E-state index is 0.0689. The third-order valence-corrected chi connectivity index (χ3v) is 10.3. The molecule has 0 saturated carbocycles. The van der Waals surface area contributed by atoms with Crippen molar-refractivity contribution in [2.24, 2.45) is 0 Å². The molecule has 0 aromatic carbocycles. The van der Waals surface area contributed by atoms with Gasteiger partial charge in [-0.2, -0.15) is 0 Å². The van der Waals surface area contributed by atoms with Crippen LogP contribution in [0.15, 0.2) is 12.2 Å². The van der Waals surface area contributed by atoms with E-state index in [2.05, 4.69) is 32.9 Å². The topological polar surface area (TPSA) is 78.9 Å². The van der Waals surface area contributed by atoms with Gasteiger partial charge in [-0.05, 0) is 44.9 Å². The molecule has 0 bridgehead atoms. The van der Waals surface area contributed by atoms with Gasteiger partial charge in [-0.3, -0.25) is 14.4 Å². The molecule has 0 aliphatic rings. The second-order valence-electron chi connectivity index (χ2n) is 15.7. The van der Waals surface area contributed by atoms with Gasteiger partial charge in [0.1, 0.15) is 13.2 Å². The monoisotopic (exact) mass is 749 g/mol. The molecule has 0 aliphatic heterocycles. The quantitative estimate of drug-likeness (QED) is 0.0268. The maximum atomic E-state index is 12.7. The Morgan fingerprint density at radius 1 is 0.358 bits per heavy atom. The van der Waals surface area contributed by atoms with Crippen molar-refractivity contribution < 1.29 is 28.6 Å². The van der Waals surface area contributed by atoms with Crippen LogP contribution < -0.4 is 0 Å². The first-order valence-corrected chi connectivity index (χ1v) is 23.2. The highest BCUT2D eigenvalue weighted by molar-refractivity contribution is 5.71. The molecule has 0 aliphatic carbocycles. The fourth-order valence-corrected chi connectivity index (χ4v) is 6.73. The van der Waals surface area contributed by atoms with E-state index in [0.29, 0.717) is 19.3 Å². The van der Waals surface area contributed by atoms with Crippen molar-refractivity contribution in [3.8, 4) is 0 Å². The summed E-state index contributed by atoms with van der Waals surface area (Å²) in [4.78, 5) is 37.7. The lowest BCUT2D eigenvalue weighted by atomic mass is 10.0. The Hall–Kier alpha value is -1.85. The first-order valence-electron chi connectivity index (χ1n) is 23.2. The molecule has 1 atom stereocenters. The van der Waals surface area contributed by atoms with Gasteiger partial charge in [0.25, 0.3) is 0 Å². The van der Waals surface area contributed by atoms with Crippen molar-refractivity contribution in [3.63, 3.8) is 0 Å². The van der Waals surface area contributed by atoms with Crippen LogP contribution >= 0.6 is 0 Å². The molecular formula is C47H88O6. The van der Waals surface area contributed by atoms with Gasteiger partial charge in [-0.25, -0.2) is 0 Å². The Bertz CT molecular complexity index is 824. The van der Waals surface area contributed by atoms with Gasteiger partial charge in [-0.1, -0.05) is 200 Å². The molecule has 0 saturated heterocycles. The van der Waals surface area contributed by atoms with E-state index in [1.54, 1.807) is 0 Å². The zero-order valence-corrected chi connectivity index (χ0v) is 35.6. The maximum Gasteiger partial charge on any atom is 0.306 e. The third-order valence-electron chi connectivity index (χ3n) is 10.3. The van der Waals surface area contributed by atoms with Crippen LogP contribution in [0.4, 0.5) is 0 Å². The zero-order valence-electron chi connectivity index (χ0n) is 35.6. The van der Waals surface area contributed by atoms with Crippen LogP contribution in [-0.2, 0) is 28.6 Å². The van der Waals surface area contributed by atoms with E-state index in [9.17, 15) is 14.4 Å². The van der Waals surface area contributed by atoms with Crippen molar-refractivity contribution in [3.05, 3.63) is 12.2 Å². The number of allylic oxidation sites excluding steroid dienone is 2. The zero-order chi connectivity index (χ0) is 38.7. The van der Waals surface area contributed by atoms with Crippen molar-refractivity contribution in [2.45, 2.75) is 258 Å². The Morgan fingerprint density at radius 2 is 0.623 bits per heavy atom. The number of hydrogen-bond acceptors (Lipinski definition) is 6. The fourth-order valence-electron chi connectivity index (χ4n) is 6.73. The van der Waals surface area contributed by atoms with E-state index in [4.69, 9.17) is 14.2 Å². The molecular weight excluding hydrogens is 661 g/mol. The van der Waals surface area contributed by atoms with Gasteiger partial charge in [0.15, 0.2) is 6.10 Å². The normalized spacial score (nSPS) is 12.0. The molecule has 0 heterocycles. The highest BCUT2D eigenvalue weighted by Crippen LogP contribution is 2.15. The molecule has 6 nitrogen and oxygen atoms in total. The lowest BCUT2D eigenvalue weighted by molar-refractivity contribution is -0.167. The average Bonchev–Trinajstić information content (AvgIpc) is 3.15. The number of unbranched alkanes of at least 4 members (excludes halogenated alkanes) is 29. The van der Waals surface area contributed by atoms with Crippen LogP contribution in [0.1, 0.15) is 252 Å². The van der Waals surface area contributed by atoms with Crippen molar-refractivity contribution in [1.82, 2.24) is 0 Å². The summed E-state index contributed by atoms with van der Waals surface area (Å²) >= 11 is 0. The van der Waals surface area contributed by atoms with Gasteiger partial charge in [0.05, 0.1) is 0 Å². The number of hydrogen-bond donors (Lipinski definition) is 0. The molecule has 0 rings (SSSR count). The Morgan fingerprint density at radius 3 is 0.981 bits per heavy atom. The number of ether oxygens (including phenoxy) is 3. The number of rotatable bonds is 42. The second-order valence-corrected chi connectivity index (χ2v) is 15.7. The summed E-state index contributed by atoms with van der Waals surface area (Å²) in [5.74, 6) is -0.871. The van der Waals surface area contributed by atoms with Gasteiger partial charge >= 0.3 is 17.9 Å².